The molecule has 2 amide bonds. The van der Waals surface area contributed by atoms with Crippen molar-refractivity contribution in [3.63, 3.8) is 0 Å². The molecule has 1 rings (SSSR count). The number of aliphatic hydroxyl groups excluding tert-OH is 1. The van der Waals surface area contributed by atoms with Gasteiger partial charge in [0.05, 0.1) is 13.2 Å². The first-order chi connectivity index (χ1) is 7.65. The molecular formula is C9H16N2O5. The van der Waals surface area contributed by atoms with E-state index in [0.29, 0.717) is 26.3 Å². The third-order valence-electron chi connectivity index (χ3n) is 2.31. The molecule has 0 saturated carbocycles. The number of hydrogen-bond donors (Lipinski definition) is 3. The van der Waals surface area contributed by atoms with E-state index in [-0.39, 0.29) is 13.0 Å². The topological polar surface area (TPSA) is 99.1 Å². The summed E-state index contributed by atoms with van der Waals surface area (Å²) in [6.07, 6.45) is 0.00537. The van der Waals surface area contributed by atoms with Crippen molar-refractivity contribution in [1.82, 2.24) is 10.2 Å². The van der Waals surface area contributed by atoms with Crippen LogP contribution in [0.1, 0.15) is 6.42 Å². The number of urea groups is 1. The van der Waals surface area contributed by atoms with E-state index < -0.39 is 18.0 Å². The summed E-state index contributed by atoms with van der Waals surface area (Å²) in [6.45, 7) is 1.56. The predicted molar refractivity (Wildman–Crippen MR) is 54.1 cm³/mol. The quantitative estimate of drug-likeness (QED) is 0.569. The second-order valence-corrected chi connectivity index (χ2v) is 3.45. The lowest BCUT2D eigenvalue weighted by atomic mass is 10.2. The number of carboxylic acid groups (broad SMARTS) is 1. The number of aliphatic carboxylic acids is 1. The van der Waals surface area contributed by atoms with E-state index in [2.05, 4.69) is 5.32 Å². The van der Waals surface area contributed by atoms with Gasteiger partial charge in [-0.15, -0.1) is 0 Å². The Morgan fingerprint density at radius 1 is 1.38 bits per heavy atom. The minimum Gasteiger partial charge on any atom is -0.480 e. The third-order valence-corrected chi connectivity index (χ3v) is 2.31. The number of nitrogens with zero attached hydrogens (tertiary/aromatic N) is 1. The number of nitrogens with one attached hydrogen (secondary N) is 1. The molecule has 0 aromatic carbocycles. The van der Waals surface area contributed by atoms with Crippen LogP contribution in [0, 0.1) is 0 Å². The van der Waals surface area contributed by atoms with Crippen LogP contribution in [-0.4, -0.2) is 66.1 Å². The van der Waals surface area contributed by atoms with Gasteiger partial charge in [-0.3, -0.25) is 0 Å². The highest BCUT2D eigenvalue weighted by Crippen LogP contribution is 1.99. The monoisotopic (exact) mass is 232 g/mol. The summed E-state index contributed by atoms with van der Waals surface area (Å²) in [5.74, 6) is -1.14. The lowest BCUT2D eigenvalue weighted by Gasteiger charge is -2.28. The van der Waals surface area contributed by atoms with E-state index >= 15 is 0 Å². The number of carbonyl (C=O) groups excluding carboxylic acids is 1. The number of ether oxygens (including phenoxy) is 1. The number of rotatable bonds is 4. The number of morpholine rings is 1. The Morgan fingerprint density at radius 3 is 2.50 bits per heavy atom. The fourth-order valence-corrected chi connectivity index (χ4v) is 1.39. The maximum Gasteiger partial charge on any atom is 0.326 e. The van der Waals surface area contributed by atoms with Gasteiger partial charge in [0.1, 0.15) is 6.04 Å². The van der Waals surface area contributed by atoms with Crippen molar-refractivity contribution < 1.29 is 24.5 Å². The molecule has 0 unspecified atom stereocenters. The molecular weight excluding hydrogens is 216 g/mol. The zero-order valence-electron chi connectivity index (χ0n) is 8.89. The van der Waals surface area contributed by atoms with Crippen LogP contribution in [0.5, 0.6) is 0 Å². The lowest BCUT2D eigenvalue weighted by Crippen LogP contribution is -2.51. The fraction of sp³-hybridized carbons (Fsp3) is 0.778. The lowest BCUT2D eigenvalue weighted by molar-refractivity contribution is -0.139. The average Bonchev–Trinajstić information content (AvgIpc) is 2.29. The van der Waals surface area contributed by atoms with Crippen molar-refractivity contribution in [3.8, 4) is 0 Å². The van der Waals surface area contributed by atoms with Gasteiger partial charge in [-0.1, -0.05) is 0 Å². The summed E-state index contributed by atoms with van der Waals surface area (Å²) in [4.78, 5) is 23.8. The molecule has 0 spiro atoms. The molecule has 1 aliphatic heterocycles. The Hall–Kier alpha value is -1.34. The van der Waals surface area contributed by atoms with Crippen LogP contribution in [-0.2, 0) is 9.53 Å². The SMILES string of the molecule is O=C(O)[C@H](CCO)NC(=O)N1CCOCC1. The standard InChI is InChI=1S/C9H16N2O5/c12-4-1-7(8(13)14)10-9(15)11-2-5-16-6-3-11/h7,12H,1-6H2,(H,10,15)(H,13,14)/t7-/m0/s1. The Bertz CT molecular complexity index is 252. The summed E-state index contributed by atoms with van der Waals surface area (Å²) in [6, 6.07) is -1.47. The van der Waals surface area contributed by atoms with Crippen molar-refractivity contribution in [2.45, 2.75) is 12.5 Å². The summed E-state index contributed by atoms with van der Waals surface area (Å²) in [7, 11) is 0. The second kappa shape index (κ2) is 6.29. The Kier molecular flexibility index (Phi) is 5.00. The van der Waals surface area contributed by atoms with Crippen LogP contribution in [0.15, 0.2) is 0 Å². The van der Waals surface area contributed by atoms with Gasteiger partial charge in [-0.2, -0.15) is 0 Å². The van der Waals surface area contributed by atoms with Gasteiger partial charge in [0.25, 0.3) is 0 Å². The van der Waals surface area contributed by atoms with Gasteiger partial charge in [-0.25, -0.2) is 9.59 Å². The Balaban J connectivity index is 2.43. The largest absolute Gasteiger partial charge is 0.480 e. The van der Waals surface area contributed by atoms with E-state index in [1.54, 1.807) is 0 Å². The molecule has 1 saturated heterocycles. The molecule has 1 atom stereocenters. The number of carbonyl (C=O) groups is 2. The molecule has 0 aromatic heterocycles. The normalized spacial score (nSPS) is 17.9. The van der Waals surface area contributed by atoms with Crippen molar-refractivity contribution in [1.29, 1.82) is 0 Å². The van der Waals surface area contributed by atoms with Gasteiger partial charge in [0.15, 0.2) is 0 Å². The first-order valence-corrected chi connectivity index (χ1v) is 5.12. The molecule has 7 heteroatoms. The van der Waals surface area contributed by atoms with Gasteiger partial charge in [0, 0.05) is 26.1 Å². The summed E-state index contributed by atoms with van der Waals surface area (Å²) >= 11 is 0. The summed E-state index contributed by atoms with van der Waals surface area (Å²) < 4.78 is 5.07. The van der Waals surface area contributed by atoms with E-state index in [0.717, 1.165) is 0 Å². The average molecular weight is 232 g/mol. The van der Waals surface area contributed by atoms with E-state index in [9.17, 15) is 9.59 Å². The molecule has 1 fully saturated rings. The van der Waals surface area contributed by atoms with Crippen LogP contribution >= 0.6 is 0 Å². The van der Waals surface area contributed by atoms with Crippen LogP contribution in [0.25, 0.3) is 0 Å². The number of hydrogen-bond acceptors (Lipinski definition) is 4. The molecule has 0 aromatic rings. The van der Waals surface area contributed by atoms with Crippen LogP contribution < -0.4 is 5.32 Å². The van der Waals surface area contributed by atoms with E-state index in [4.69, 9.17) is 14.9 Å². The Labute approximate surface area is 93.0 Å². The van der Waals surface area contributed by atoms with E-state index in [1.165, 1.54) is 4.90 Å². The number of carboxylic acids is 1. The smallest absolute Gasteiger partial charge is 0.326 e. The third kappa shape index (κ3) is 3.67. The van der Waals surface area contributed by atoms with Crippen LogP contribution in [0.3, 0.4) is 0 Å². The highest BCUT2D eigenvalue weighted by Gasteiger charge is 2.23. The highest BCUT2D eigenvalue weighted by atomic mass is 16.5. The van der Waals surface area contributed by atoms with Crippen molar-refractivity contribution in [2.75, 3.05) is 32.9 Å². The van der Waals surface area contributed by atoms with Gasteiger partial charge < -0.3 is 25.2 Å². The zero-order valence-corrected chi connectivity index (χ0v) is 8.89. The molecule has 0 bridgehead atoms. The molecule has 1 heterocycles. The molecule has 1 aliphatic rings. The van der Waals surface area contributed by atoms with Gasteiger partial charge >= 0.3 is 12.0 Å². The van der Waals surface area contributed by atoms with Gasteiger partial charge in [-0.05, 0) is 0 Å². The molecule has 92 valence electrons. The predicted octanol–water partition coefficient (Wildman–Crippen LogP) is -1.14. The number of aliphatic hydroxyl groups is 1. The van der Waals surface area contributed by atoms with Gasteiger partial charge in [0.2, 0.25) is 0 Å². The second-order valence-electron chi connectivity index (χ2n) is 3.45. The summed E-state index contributed by atoms with van der Waals surface area (Å²) in [5, 5.41) is 19.8. The van der Waals surface area contributed by atoms with Crippen molar-refractivity contribution in [2.24, 2.45) is 0 Å². The molecule has 0 aliphatic carbocycles. The molecule has 0 radical (unpaired) electrons. The molecule has 16 heavy (non-hydrogen) atoms. The van der Waals surface area contributed by atoms with Crippen LogP contribution in [0.4, 0.5) is 4.79 Å². The van der Waals surface area contributed by atoms with Crippen LogP contribution in [0.2, 0.25) is 0 Å². The Morgan fingerprint density at radius 2 is 2.00 bits per heavy atom. The summed E-state index contributed by atoms with van der Waals surface area (Å²) in [5.41, 5.74) is 0. The maximum atomic E-state index is 11.6. The minimum atomic E-state index is -1.14. The molecule has 7 nitrogen and oxygen atoms in total. The maximum absolute atomic E-state index is 11.6. The molecule has 3 N–H and O–H groups in total. The first kappa shape index (κ1) is 12.7. The van der Waals surface area contributed by atoms with E-state index in [1.807, 2.05) is 0 Å². The first-order valence-electron chi connectivity index (χ1n) is 5.12. The zero-order chi connectivity index (χ0) is 12.0. The number of amides is 2. The highest BCUT2D eigenvalue weighted by molar-refractivity contribution is 5.82. The van der Waals surface area contributed by atoms with Crippen molar-refractivity contribution >= 4 is 12.0 Å². The fourth-order valence-electron chi connectivity index (χ4n) is 1.39. The van der Waals surface area contributed by atoms with Crippen molar-refractivity contribution in [3.05, 3.63) is 0 Å². The minimum absolute atomic E-state index is 0.00537.